The van der Waals surface area contributed by atoms with Gasteiger partial charge < -0.3 is 10.6 Å². The summed E-state index contributed by atoms with van der Waals surface area (Å²) >= 11 is 0. The first-order chi connectivity index (χ1) is 6.82. The summed E-state index contributed by atoms with van der Waals surface area (Å²) in [5, 5.41) is 0. The van der Waals surface area contributed by atoms with Crippen molar-refractivity contribution in [1.82, 2.24) is 9.97 Å². The van der Waals surface area contributed by atoms with E-state index in [4.69, 9.17) is 5.73 Å². The molecule has 0 aliphatic carbocycles. The molecule has 2 N–H and O–H groups in total. The summed E-state index contributed by atoms with van der Waals surface area (Å²) in [5.74, 6) is 1.28. The minimum atomic E-state index is 0.195. The van der Waals surface area contributed by atoms with Gasteiger partial charge in [0.2, 0.25) is 0 Å². The summed E-state index contributed by atoms with van der Waals surface area (Å²) in [7, 11) is 2.01. The molecule has 0 saturated heterocycles. The lowest BCUT2D eigenvalue weighted by molar-refractivity contribution is 0.328. The van der Waals surface area contributed by atoms with Crippen molar-refractivity contribution in [3.63, 3.8) is 0 Å². The Hall–Kier alpha value is -1.32. The fraction of sp³-hybridized carbons (Fsp3) is 0.636. The zero-order valence-electron chi connectivity index (χ0n) is 10.2. The van der Waals surface area contributed by atoms with Crippen LogP contribution in [0.4, 0.5) is 11.6 Å². The van der Waals surface area contributed by atoms with E-state index in [2.05, 4.69) is 42.6 Å². The van der Waals surface area contributed by atoms with E-state index in [1.807, 2.05) is 7.05 Å². The van der Waals surface area contributed by atoms with E-state index in [1.54, 1.807) is 12.4 Å². The first-order valence-electron chi connectivity index (χ1n) is 5.12. The number of anilines is 2. The van der Waals surface area contributed by atoms with E-state index in [1.165, 1.54) is 0 Å². The average Bonchev–Trinajstić information content (AvgIpc) is 2.14. The van der Waals surface area contributed by atoms with Crippen LogP contribution in [0, 0.1) is 5.41 Å². The summed E-state index contributed by atoms with van der Waals surface area (Å²) in [4.78, 5) is 10.4. The predicted octanol–water partition coefficient (Wildman–Crippen LogP) is 1.93. The molecule has 1 rings (SSSR count). The highest BCUT2D eigenvalue weighted by Crippen LogP contribution is 2.25. The number of nitrogen functional groups attached to an aromatic ring is 1. The number of rotatable bonds is 2. The van der Waals surface area contributed by atoms with Crippen molar-refractivity contribution in [3.05, 3.63) is 12.4 Å². The van der Waals surface area contributed by atoms with Gasteiger partial charge in [-0.15, -0.1) is 0 Å². The molecule has 0 aliphatic rings. The van der Waals surface area contributed by atoms with E-state index in [9.17, 15) is 0 Å². The maximum atomic E-state index is 5.61. The maximum Gasteiger partial charge on any atom is 0.149 e. The minimum Gasteiger partial charge on any atom is -0.382 e. The fourth-order valence-electron chi connectivity index (χ4n) is 1.32. The Morgan fingerprint density at radius 2 is 1.93 bits per heavy atom. The average molecular weight is 208 g/mol. The standard InChI is InChI=1S/C11H20N4/c1-8(11(2,3)4)15(5)10-7-13-6-9(12)14-10/h6-8H,1-5H3,(H2,12,14). The van der Waals surface area contributed by atoms with Crippen molar-refractivity contribution in [2.24, 2.45) is 5.41 Å². The van der Waals surface area contributed by atoms with Crippen LogP contribution in [0.15, 0.2) is 12.4 Å². The van der Waals surface area contributed by atoms with Gasteiger partial charge in [-0.05, 0) is 12.3 Å². The number of nitrogens with two attached hydrogens (primary N) is 1. The van der Waals surface area contributed by atoms with Crippen LogP contribution in [0.1, 0.15) is 27.7 Å². The molecule has 0 spiro atoms. The molecule has 0 saturated carbocycles. The lowest BCUT2D eigenvalue weighted by Crippen LogP contribution is -2.39. The Kier molecular flexibility index (Phi) is 3.17. The zero-order chi connectivity index (χ0) is 11.6. The Morgan fingerprint density at radius 3 is 2.40 bits per heavy atom. The van der Waals surface area contributed by atoms with Gasteiger partial charge in [-0.25, -0.2) is 4.98 Å². The SMILES string of the molecule is CC(N(C)c1cncc(N)n1)C(C)(C)C. The van der Waals surface area contributed by atoms with E-state index >= 15 is 0 Å². The molecule has 84 valence electrons. The molecular formula is C11H20N4. The summed E-state index contributed by atoms with van der Waals surface area (Å²) < 4.78 is 0. The molecule has 0 aromatic carbocycles. The molecular weight excluding hydrogens is 188 g/mol. The summed E-state index contributed by atoms with van der Waals surface area (Å²) in [6.45, 7) is 8.78. The highest BCUT2D eigenvalue weighted by Gasteiger charge is 2.24. The molecule has 0 fully saturated rings. The number of aromatic nitrogens is 2. The highest BCUT2D eigenvalue weighted by atomic mass is 15.2. The molecule has 1 aromatic heterocycles. The van der Waals surface area contributed by atoms with Gasteiger partial charge >= 0.3 is 0 Å². The lowest BCUT2D eigenvalue weighted by atomic mass is 9.87. The van der Waals surface area contributed by atoms with Gasteiger partial charge in [0.05, 0.1) is 12.4 Å². The third kappa shape index (κ3) is 2.81. The van der Waals surface area contributed by atoms with E-state index in [0.29, 0.717) is 11.9 Å². The Labute approximate surface area is 91.5 Å². The molecule has 0 aliphatic heterocycles. The van der Waals surface area contributed by atoms with Gasteiger partial charge in [0, 0.05) is 13.1 Å². The molecule has 4 heteroatoms. The Bertz CT molecular complexity index is 330. The van der Waals surface area contributed by atoms with Crippen LogP contribution in [0.2, 0.25) is 0 Å². The fourth-order valence-corrected chi connectivity index (χ4v) is 1.32. The second-order valence-corrected chi connectivity index (χ2v) is 4.96. The molecule has 0 radical (unpaired) electrons. The van der Waals surface area contributed by atoms with E-state index in [0.717, 1.165) is 5.82 Å². The monoisotopic (exact) mass is 208 g/mol. The van der Waals surface area contributed by atoms with Crippen molar-refractivity contribution in [3.8, 4) is 0 Å². The maximum absolute atomic E-state index is 5.61. The molecule has 1 heterocycles. The molecule has 1 unspecified atom stereocenters. The number of hydrogen-bond donors (Lipinski definition) is 1. The molecule has 0 amide bonds. The third-order valence-electron chi connectivity index (χ3n) is 2.84. The van der Waals surface area contributed by atoms with Gasteiger partial charge in [-0.1, -0.05) is 20.8 Å². The van der Waals surface area contributed by atoms with Gasteiger partial charge in [0.25, 0.3) is 0 Å². The second kappa shape index (κ2) is 4.04. The smallest absolute Gasteiger partial charge is 0.149 e. The molecule has 1 atom stereocenters. The van der Waals surface area contributed by atoms with Crippen LogP contribution in [-0.4, -0.2) is 23.1 Å². The Balaban J connectivity index is 2.90. The normalized spacial score (nSPS) is 13.7. The van der Waals surface area contributed by atoms with Crippen molar-refractivity contribution in [1.29, 1.82) is 0 Å². The van der Waals surface area contributed by atoms with Crippen molar-refractivity contribution >= 4 is 11.6 Å². The first-order valence-corrected chi connectivity index (χ1v) is 5.12. The van der Waals surface area contributed by atoms with Crippen LogP contribution in [0.3, 0.4) is 0 Å². The van der Waals surface area contributed by atoms with Crippen LogP contribution < -0.4 is 10.6 Å². The van der Waals surface area contributed by atoms with Crippen LogP contribution in [-0.2, 0) is 0 Å². The summed E-state index contributed by atoms with van der Waals surface area (Å²) in [5.41, 5.74) is 5.80. The highest BCUT2D eigenvalue weighted by molar-refractivity contribution is 5.41. The number of hydrogen-bond acceptors (Lipinski definition) is 4. The quantitative estimate of drug-likeness (QED) is 0.807. The van der Waals surface area contributed by atoms with Crippen LogP contribution >= 0.6 is 0 Å². The predicted molar refractivity (Wildman–Crippen MR) is 63.8 cm³/mol. The second-order valence-electron chi connectivity index (χ2n) is 4.96. The van der Waals surface area contributed by atoms with Crippen molar-refractivity contribution in [2.45, 2.75) is 33.7 Å². The topological polar surface area (TPSA) is 55.0 Å². The van der Waals surface area contributed by atoms with Crippen molar-refractivity contribution in [2.75, 3.05) is 17.7 Å². The summed E-state index contributed by atoms with van der Waals surface area (Å²) in [6, 6.07) is 0.369. The molecule has 0 bridgehead atoms. The van der Waals surface area contributed by atoms with Gasteiger partial charge in [0.15, 0.2) is 0 Å². The van der Waals surface area contributed by atoms with Crippen LogP contribution in [0.5, 0.6) is 0 Å². The lowest BCUT2D eigenvalue weighted by Gasteiger charge is -2.35. The van der Waals surface area contributed by atoms with Gasteiger partial charge in [0.1, 0.15) is 11.6 Å². The summed E-state index contributed by atoms with van der Waals surface area (Å²) in [6.07, 6.45) is 3.29. The van der Waals surface area contributed by atoms with Crippen molar-refractivity contribution < 1.29 is 0 Å². The van der Waals surface area contributed by atoms with Gasteiger partial charge in [-0.3, -0.25) is 4.98 Å². The zero-order valence-corrected chi connectivity index (χ0v) is 10.2. The van der Waals surface area contributed by atoms with Gasteiger partial charge in [-0.2, -0.15) is 0 Å². The molecule has 1 aromatic rings. The molecule has 15 heavy (non-hydrogen) atoms. The number of nitrogens with zero attached hydrogens (tertiary/aromatic N) is 3. The van der Waals surface area contributed by atoms with Crippen LogP contribution in [0.25, 0.3) is 0 Å². The molecule has 4 nitrogen and oxygen atoms in total. The third-order valence-corrected chi connectivity index (χ3v) is 2.84. The largest absolute Gasteiger partial charge is 0.382 e. The van der Waals surface area contributed by atoms with E-state index < -0.39 is 0 Å². The Morgan fingerprint density at radius 1 is 1.33 bits per heavy atom. The van der Waals surface area contributed by atoms with E-state index in [-0.39, 0.29) is 5.41 Å². The minimum absolute atomic E-state index is 0.195. The first kappa shape index (κ1) is 11.8.